The first kappa shape index (κ1) is 23.1. The molecule has 1 heterocycles. The lowest BCUT2D eigenvalue weighted by Crippen LogP contribution is -2.25. The lowest BCUT2D eigenvalue weighted by atomic mass is 10.2. The van der Waals surface area contributed by atoms with Crippen molar-refractivity contribution in [2.24, 2.45) is 0 Å². The van der Waals surface area contributed by atoms with E-state index in [0.29, 0.717) is 17.2 Å². The summed E-state index contributed by atoms with van der Waals surface area (Å²) in [4.78, 5) is 22.4. The fourth-order valence-corrected chi connectivity index (χ4v) is 3.39. The van der Waals surface area contributed by atoms with E-state index in [1.54, 1.807) is 19.3 Å². The molecule has 3 aromatic rings. The molecule has 8 heteroatoms. The molecule has 0 aliphatic rings. The zero-order chi connectivity index (χ0) is 22.9. The standard InChI is InChI=1S/C24H29N5O3/c1-4-28(5-2)16-6-15-25-24-21-13-10-19(29(30)31)17-22(21)26-23(27-24)14-9-18-7-11-20(32-3)12-8-18/h7-14,17H,4-6,15-16H2,1-3H3,(H,25,26,27). The Labute approximate surface area is 188 Å². The summed E-state index contributed by atoms with van der Waals surface area (Å²) < 4.78 is 5.19. The molecule has 0 unspecified atom stereocenters. The molecule has 0 amide bonds. The fourth-order valence-electron chi connectivity index (χ4n) is 3.39. The Kier molecular flexibility index (Phi) is 8.10. The van der Waals surface area contributed by atoms with Gasteiger partial charge in [0.2, 0.25) is 0 Å². The van der Waals surface area contributed by atoms with Crippen molar-refractivity contribution in [3.8, 4) is 5.75 Å². The zero-order valence-electron chi connectivity index (χ0n) is 18.7. The Morgan fingerprint density at radius 3 is 2.50 bits per heavy atom. The average Bonchev–Trinajstić information content (AvgIpc) is 2.82. The Balaban J connectivity index is 1.86. The second-order valence-corrected chi connectivity index (χ2v) is 7.30. The topological polar surface area (TPSA) is 93.4 Å². The fraction of sp³-hybridized carbons (Fsp3) is 0.333. The van der Waals surface area contributed by atoms with Crippen LogP contribution in [-0.4, -0.2) is 53.1 Å². The second-order valence-electron chi connectivity index (χ2n) is 7.30. The first-order chi connectivity index (χ1) is 15.5. The molecule has 0 saturated heterocycles. The zero-order valence-corrected chi connectivity index (χ0v) is 18.7. The van der Waals surface area contributed by atoms with Crippen LogP contribution in [-0.2, 0) is 0 Å². The molecule has 0 spiro atoms. The van der Waals surface area contributed by atoms with E-state index < -0.39 is 4.92 Å². The minimum Gasteiger partial charge on any atom is -0.497 e. The van der Waals surface area contributed by atoms with Crippen LogP contribution in [0, 0.1) is 10.1 Å². The van der Waals surface area contributed by atoms with Crippen LogP contribution >= 0.6 is 0 Å². The van der Waals surface area contributed by atoms with E-state index in [4.69, 9.17) is 4.74 Å². The van der Waals surface area contributed by atoms with E-state index in [0.717, 1.165) is 49.3 Å². The van der Waals surface area contributed by atoms with Gasteiger partial charge in [0.15, 0.2) is 5.82 Å². The van der Waals surface area contributed by atoms with Crippen molar-refractivity contribution in [1.29, 1.82) is 0 Å². The molecule has 1 N–H and O–H groups in total. The third kappa shape index (κ3) is 6.01. The number of nitro groups is 1. The predicted octanol–water partition coefficient (Wildman–Crippen LogP) is 4.86. The Bertz CT molecular complexity index is 1080. The largest absolute Gasteiger partial charge is 0.497 e. The van der Waals surface area contributed by atoms with Crippen molar-refractivity contribution in [3.05, 3.63) is 64.0 Å². The smallest absolute Gasteiger partial charge is 0.271 e. The highest BCUT2D eigenvalue weighted by Gasteiger charge is 2.12. The van der Waals surface area contributed by atoms with Crippen molar-refractivity contribution in [1.82, 2.24) is 14.9 Å². The Morgan fingerprint density at radius 2 is 1.84 bits per heavy atom. The predicted molar refractivity (Wildman–Crippen MR) is 129 cm³/mol. The highest BCUT2D eigenvalue weighted by Crippen LogP contribution is 2.25. The summed E-state index contributed by atoms with van der Waals surface area (Å²) in [5, 5.41) is 15.4. The first-order valence-electron chi connectivity index (χ1n) is 10.8. The average molecular weight is 436 g/mol. The second kappa shape index (κ2) is 11.2. The number of fused-ring (bicyclic) bond motifs is 1. The Morgan fingerprint density at radius 1 is 1.09 bits per heavy atom. The van der Waals surface area contributed by atoms with Crippen LogP contribution < -0.4 is 10.1 Å². The van der Waals surface area contributed by atoms with E-state index in [-0.39, 0.29) is 5.69 Å². The summed E-state index contributed by atoms with van der Waals surface area (Å²) in [6.07, 6.45) is 4.68. The number of anilines is 1. The molecule has 0 bridgehead atoms. The normalized spacial score (nSPS) is 11.4. The number of nitro benzene ring substituents is 1. The molecule has 0 aliphatic heterocycles. The molecule has 32 heavy (non-hydrogen) atoms. The maximum absolute atomic E-state index is 11.2. The van der Waals surface area contributed by atoms with Crippen molar-refractivity contribution in [3.63, 3.8) is 0 Å². The lowest BCUT2D eigenvalue weighted by Gasteiger charge is -2.18. The minimum absolute atomic E-state index is 0.00812. The summed E-state index contributed by atoms with van der Waals surface area (Å²) in [5.74, 6) is 1.95. The minimum atomic E-state index is -0.411. The molecule has 168 valence electrons. The van der Waals surface area contributed by atoms with E-state index in [1.807, 2.05) is 30.3 Å². The number of aromatic nitrogens is 2. The summed E-state index contributed by atoms with van der Waals surface area (Å²) in [6, 6.07) is 12.3. The monoisotopic (exact) mass is 435 g/mol. The van der Waals surface area contributed by atoms with Crippen LogP contribution in [0.1, 0.15) is 31.7 Å². The number of nitrogens with zero attached hydrogens (tertiary/aromatic N) is 4. The van der Waals surface area contributed by atoms with Gasteiger partial charge in [-0.15, -0.1) is 0 Å². The van der Waals surface area contributed by atoms with Gasteiger partial charge in [0.25, 0.3) is 5.69 Å². The first-order valence-corrected chi connectivity index (χ1v) is 10.8. The quantitative estimate of drug-likeness (QED) is 0.261. The van der Waals surface area contributed by atoms with E-state index in [1.165, 1.54) is 12.1 Å². The van der Waals surface area contributed by atoms with E-state index in [2.05, 4.69) is 34.0 Å². The van der Waals surface area contributed by atoms with Crippen LogP contribution in [0.3, 0.4) is 0 Å². The van der Waals surface area contributed by atoms with Crippen LogP contribution in [0.4, 0.5) is 11.5 Å². The van der Waals surface area contributed by atoms with Gasteiger partial charge in [-0.3, -0.25) is 10.1 Å². The number of rotatable bonds is 11. The van der Waals surface area contributed by atoms with Crippen LogP contribution in [0.15, 0.2) is 42.5 Å². The van der Waals surface area contributed by atoms with Gasteiger partial charge < -0.3 is 15.0 Å². The van der Waals surface area contributed by atoms with Crippen LogP contribution in [0.2, 0.25) is 0 Å². The Hall–Kier alpha value is -3.52. The van der Waals surface area contributed by atoms with Crippen molar-refractivity contribution >= 4 is 34.6 Å². The van der Waals surface area contributed by atoms with Gasteiger partial charge in [0.1, 0.15) is 11.6 Å². The van der Waals surface area contributed by atoms with Gasteiger partial charge in [-0.2, -0.15) is 0 Å². The van der Waals surface area contributed by atoms with E-state index in [9.17, 15) is 10.1 Å². The molecule has 1 aromatic heterocycles. The summed E-state index contributed by atoms with van der Waals surface area (Å²) in [6.45, 7) is 8.11. The van der Waals surface area contributed by atoms with Gasteiger partial charge in [0.05, 0.1) is 17.5 Å². The van der Waals surface area contributed by atoms with Crippen LogP contribution in [0.25, 0.3) is 23.1 Å². The van der Waals surface area contributed by atoms with Crippen LogP contribution in [0.5, 0.6) is 5.75 Å². The molecule has 0 saturated carbocycles. The molecule has 2 aromatic carbocycles. The SMILES string of the molecule is CCN(CC)CCCNc1nc(C=Cc2ccc(OC)cc2)nc2cc([N+](=O)[O-])ccc12. The van der Waals surface area contributed by atoms with Crippen molar-refractivity contribution in [2.45, 2.75) is 20.3 Å². The molecule has 8 nitrogen and oxygen atoms in total. The number of nitrogens with one attached hydrogen (secondary N) is 1. The lowest BCUT2D eigenvalue weighted by molar-refractivity contribution is -0.384. The number of hydrogen-bond donors (Lipinski definition) is 1. The third-order valence-electron chi connectivity index (χ3n) is 5.29. The number of ether oxygens (including phenoxy) is 1. The van der Waals surface area contributed by atoms with Gasteiger partial charge >= 0.3 is 0 Å². The molecular weight excluding hydrogens is 406 g/mol. The van der Waals surface area contributed by atoms with Crippen molar-refractivity contribution < 1.29 is 9.66 Å². The van der Waals surface area contributed by atoms with E-state index >= 15 is 0 Å². The van der Waals surface area contributed by atoms with Gasteiger partial charge in [-0.25, -0.2) is 9.97 Å². The highest BCUT2D eigenvalue weighted by atomic mass is 16.6. The molecule has 0 aliphatic carbocycles. The summed E-state index contributed by atoms with van der Waals surface area (Å²) in [7, 11) is 1.63. The summed E-state index contributed by atoms with van der Waals surface area (Å²) in [5.41, 5.74) is 1.52. The summed E-state index contributed by atoms with van der Waals surface area (Å²) >= 11 is 0. The number of hydrogen-bond acceptors (Lipinski definition) is 7. The molecule has 0 fully saturated rings. The number of benzene rings is 2. The third-order valence-corrected chi connectivity index (χ3v) is 5.29. The number of methoxy groups -OCH3 is 1. The van der Waals surface area contributed by atoms with Crippen molar-refractivity contribution in [2.75, 3.05) is 38.6 Å². The van der Waals surface area contributed by atoms with Gasteiger partial charge in [0, 0.05) is 24.1 Å². The molecular formula is C24H29N5O3. The molecule has 0 radical (unpaired) electrons. The van der Waals surface area contributed by atoms with Gasteiger partial charge in [-0.1, -0.05) is 32.1 Å². The molecule has 3 rings (SSSR count). The van der Waals surface area contributed by atoms with Gasteiger partial charge in [-0.05, 0) is 55.9 Å². The maximum Gasteiger partial charge on any atom is 0.271 e. The number of non-ortho nitro benzene ring substituents is 1. The molecule has 0 atom stereocenters. The highest BCUT2D eigenvalue weighted by molar-refractivity contribution is 5.91. The maximum atomic E-state index is 11.2.